The van der Waals surface area contributed by atoms with Gasteiger partial charge in [-0.3, -0.25) is 4.79 Å². The Morgan fingerprint density at radius 2 is 2.00 bits per heavy atom. The molecule has 0 aliphatic rings. The smallest absolute Gasteiger partial charge is 0.244 e. The van der Waals surface area contributed by atoms with E-state index < -0.39 is 15.9 Å². The van der Waals surface area contributed by atoms with Crippen molar-refractivity contribution in [1.29, 1.82) is 0 Å². The number of hydrogen-bond acceptors (Lipinski definition) is 3. The molecule has 20 heavy (non-hydrogen) atoms. The third kappa shape index (κ3) is 4.54. The van der Waals surface area contributed by atoms with Crippen LogP contribution < -0.4 is 5.73 Å². The molecule has 2 N–H and O–H groups in total. The highest BCUT2D eigenvalue weighted by atomic mass is 79.9. The van der Waals surface area contributed by atoms with E-state index in [4.69, 9.17) is 5.73 Å². The molecule has 0 saturated carbocycles. The Morgan fingerprint density at radius 1 is 1.35 bits per heavy atom. The van der Waals surface area contributed by atoms with E-state index in [-0.39, 0.29) is 18.0 Å². The van der Waals surface area contributed by atoms with E-state index in [9.17, 15) is 13.2 Å². The lowest BCUT2D eigenvalue weighted by molar-refractivity contribution is -0.118. The second-order valence-electron chi connectivity index (χ2n) is 4.23. The molecule has 0 bridgehead atoms. The summed E-state index contributed by atoms with van der Waals surface area (Å²) in [6, 6.07) is 4.78. The van der Waals surface area contributed by atoms with Crippen molar-refractivity contribution in [2.75, 3.05) is 13.1 Å². The Morgan fingerprint density at radius 3 is 2.50 bits per heavy atom. The summed E-state index contributed by atoms with van der Waals surface area (Å²) >= 11 is 6.50. The van der Waals surface area contributed by atoms with E-state index in [0.717, 1.165) is 15.2 Å². The van der Waals surface area contributed by atoms with Crippen LogP contribution in [0.25, 0.3) is 0 Å². The van der Waals surface area contributed by atoms with Gasteiger partial charge in [0.2, 0.25) is 15.9 Å². The first-order valence-corrected chi connectivity index (χ1v) is 9.05. The normalized spacial score (nSPS) is 11.8. The summed E-state index contributed by atoms with van der Waals surface area (Å²) in [5.74, 6) is -0.669. The van der Waals surface area contributed by atoms with Crippen molar-refractivity contribution in [2.24, 2.45) is 5.73 Å². The molecular weight excluding hydrogens is 412 g/mol. The van der Waals surface area contributed by atoms with Crippen LogP contribution in [0.5, 0.6) is 0 Å². The largest absolute Gasteiger partial charge is 0.369 e. The third-order valence-electron chi connectivity index (χ3n) is 2.61. The number of nitrogens with zero attached hydrogens (tertiary/aromatic N) is 1. The van der Waals surface area contributed by atoms with Gasteiger partial charge >= 0.3 is 0 Å². The van der Waals surface area contributed by atoms with Gasteiger partial charge in [0, 0.05) is 15.5 Å². The van der Waals surface area contributed by atoms with E-state index in [0.29, 0.717) is 10.9 Å². The summed E-state index contributed by atoms with van der Waals surface area (Å²) in [4.78, 5) is 11.2. The number of primary amides is 1. The molecule has 0 aliphatic heterocycles. The standard InChI is InChI=1S/C12H16Br2N2O3S/c1-2-3-6-16(8-12(15)17)20(18,19)11-5-4-9(13)7-10(11)14/h4-5,7H,2-3,6,8H2,1H3,(H2,15,17). The average Bonchev–Trinajstić information content (AvgIpc) is 2.33. The molecular formula is C12H16Br2N2O3S. The van der Waals surface area contributed by atoms with E-state index >= 15 is 0 Å². The minimum Gasteiger partial charge on any atom is -0.369 e. The average molecular weight is 428 g/mol. The van der Waals surface area contributed by atoms with Gasteiger partial charge in [0.25, 0.3) is 0 Å². The predicted molar refractivity (Wildman–Crippen MR) is 84.7 cm³/mol. The molecule has 1 aromatic rings. The number of benzene rings is 1. The van der Waals surface area contributed by atoms with Crippen LogP contribution in [0.15, 0.2) is 32.0 Å². The van der Waals surface area contributed by atoms with E-state index in [1.54, 1.807) is 12.1 Å². The van der Waals surface area contributed by atoms with Crippen LogP contribution >= 0.6 is 31.9 Å². The molecule has 1 amide bonds. The zero-order valence-corrected chi connectivity index (χ0v) is 15.0. The summed E-state index contributed by atoms with van der Waals surface area (Å²) in [6.07, 6.45) is 1.49. The van der Waals surface area contributed by atoms with Crippen LogP contribution in [0.2, 0.25) is 0 Å². The lowest BCUT2D eigenvalue weighted by Gasteiger charge is -2.21. The SMILES string of the molecule is CCCCN(CC(N)=O)S(=O)(=O)c1ccc(Br)cc1Br. The van der Waals surface area contributed by atoms with Crippen LogP contribution in [0, 0.1) is 0 Å². The van der Waals surface area contributed by atoms with Crippen LogP contribution in [0.3, 0.4) is 0 Å². The highest BCUT2D eigenvalue weighted by molar-refractivity contribution is 9.11. The second-order valence-corrected chi connectivity index (χ2v) is 7.91. The van der Waals surface area contributed by atoms with Crippen LogP contribution in [-0.4, -0.2) is 31.7 Å². The maximum atomic E-state index is 12.6. The number of unbranched alkanes of at least 4 members (excludes halogenated alkanes) is 1. The summed E-state index contributed by atoms with van der Waals surface area (Å²) in [5.41, 5.74) is 5.14. The maximum Gasteiger partial charge on any atom is 0.244 e. The molecule has 8 heteroatoms. The Bertz CT molecular complexity index is 590. The van der Waals surface area contributed by atoms with E-state index in [2.05, 4.69) is 31.9 Å². The molecule has 0 saturated heterocycles. The quantitative estimate of drug-likeness (QED) is 0.725. The maximum absolute atomic E-state index is 12.6. The molecule has 0 fully saturated rings. The molecule has 0 radical (unpaired) electrons. The number of halogens is 2. The summed E-state index contributed by atoms with van der Waals surface area (Å²) < 4.78 is 27.5. The van der Waals surface area contributed by atoms with Crippen molar-refractivity contribution in [1.82, 2.24) is 4.31 Å². The lowest BCUT2D eigenvalue weighted by Crippen LogP contribution is -2.39. The molecule has 112 valence electrons. The van der Waals surface area contributed by atoms with Crippen molar-refractivity contribution in [3.05, 3.63) is 27.1 Å². The second kappa shape index (κ2) is 7.53. The third-order valence-corrected chi connectivity index (χ3v) is 5.92. The van der Waals surface area contributed by atoms with Crippen molar-refractivity contribution in [3.8, 4) is 0 Å². The molecule has 0 atom stereocenters. The Kier molecular flexibility index (Phi) is 6.63. The predicted octanol–water partition coefficient (Wildman–Crippen LogP) is 2.49. The number of carbonyl (C=O) groups is 1. The fourth-order valence-corrected chi connectivity index (χ4v) is 4.77. The van der Waals surface area contributed by atoms with Gasteiger partial charge in [-0.25, -0.2) is 8.42 Å². The first-order valence-electron chi connectivity index (χ1n) is 6.02. The highest BCUT2D eigenvalue weighted by Gasteiger charge is 2.27. The summed E-state index contributed by atoms with van der Waals surface area (Å²) in [6.45, 7) is 1.90. The molecule has 0 aromatic heterocycles. The van der Waals surface area contributed by atoms with Gasteiger partial charge in [0.15, 0.2) is 0 Å². The fraction of sp³-hybridized carbons (Fsp3) is 0.417. The van der Waals surface area contributed by atoms with Gasteiger partial charge in [-0.15, -0.1) is 0 Å². The Hall–Kier alpha value is -0.440. The van der Waals surface area contributed by atoms with Crippen LogP contribution in [0.1, 0.15) is 19.8 Å². The summed E-state index contributed by atoms with van der Waals surface area (Å²) in [5, 5.41) is 0. The molecule has 0 spiro atoms. The number of amides is 1. The van der Waals surface area contributed by atoms with Gasteiger partial charge in [-0.2, -0.15) is 4.31 Å². The van der Waals surface area contributed by atoms with Gasteiger partial charge in [0.1, 0.15) is 0 Å². The van der Waals surface area contributed by atoms with Crippen molar-refractivity contribution >= 4 is 47.8 Å². The van der Waals surface area contributed by atoms with Crippen LogP contribution in [-0.2, 0) is 14.8 Å². The van der Waals surface area contributed by atoms with Crippen LogP contribution in [0.4, 0.5) is 0 Å². The number of hydrogen-bond donors (Lipinski definition) is 1. The van der Waals surface area contributed by atoms with E-state index in [1.165, 1.54) is 6.07 Å². The number of rotatable bonds is 7. The monoisotopic (exact) mass is 426 g/mol. The van der Waals surface area contributed by atoms with Gasteiger partial charge < -0.3 is 5.73 Å². The molecule has 5 nitrogen and oxygen atoms in total. The minimum atomic E-state index is -3.75. The number of nitrogens with two attached hydrogens (primary N) is 1. The lowest BCUT2D eigenvalue weighted by atomic mass is 10.3. The number of sulfonamides is 1. The van der Waals surface area contributed by atoms with Gasteiger partial charge in [0.05, 0.1) is 11.4 Å². The Labute approximate surface area is 135 Å². The molecule has 1 rings (SSSR count). The van der Waals surface area contributed by atoms with E-state index in [1.807, 2.05) is 6.92 Å². The van der Waals surface area contributed by atoms with Gasteiger partial charge in [-0.05, 0) is 40.5 Å². The molecule has 0 aliphatic carbocycles. The zero-order valence-electron chi connectivity index (χ0n) is 11.0. The summed E-state index contributed by atoms with van der Waals surface area (Å²) in [7, 11) is -3.75. The first kappa shape index (κ1) is 17.6. The zero-order chi connectivity index (χ0) is 15.3. The van der Waals surface area contributed by atoms with Gasteiger partial charge in [-0.1, -0.05) is 29.3 Å². The topological polar surface area (TPSA) is 80.5 Å². The highest BCUT2D eigenvalue weighted by Crippen LogP contribution is 2.28. The minimum absolute atomic E-state index is 0.123. The van der Waals surface area contributed by atoms with Crippen molar-refractivity contribution in [2.45, 2.75) is 24.7 Å². The Balaban J connectivity index is 3.17. The molecule has 0 unspecified atom stereocenters. The first-order chi connectivity index (χ1) is 9.28. The van der Waals surface area contributed by atoms with Crippen molar-refractivity contribution in [3.63, 3.8) is 0 Å². The molecule has 1 aromatic carbocycles. The van der Waals surface area contributed by atoms with Crippen molar-refractivity contribution < 1.29 is 13.2 Å². The fourth-order valence-electron chi connectivity index (χ4n) is 1.62. The number of carbonyl (C=O) groups excluding carboxylic acids is 1. The molecule has 0 heterocycles.